The number of rotatable bonds is 4. The van der Waals surface area contributed by atoms with E-state index in [0.29, 0.717) is 0 Å². The highest BCUT2D eigenvalue weighted by molar-refractivity contribution is 5.75. The molecule has 0 aromatic heterocycles. The lowest BCUT2D eigenvalue weighted by atomic mass is 9.96. The zero-order valence-electron chi connectivity index (χ0n) is 17.6. The molecule has 0 heteroatoms. The van der Waals surface area contributed by atoms with Gasteiger partial charge in [0.2, 0.25) is 0 Å². The molecule has 0 aliphatic rings. The standard InChI is InChI=1S/C31H24/c1-23-7-5-6-10-31(23)30-21-19-29(20-22-30)28-17-15-27(16-18-28)26-13-11-25(12-14-26)24-8-3-2-4-9-24/h2-22H,1H3. The molecule has 0 spiro atoms. The Morgan fingerprint density at radius 1 is 0.290 bits per heavy atom. The molecule has 0 nitrogen and oxygen atoms in total. The Balaban J connectivity index is 1.36. The minimum atomic E-state index is 1.24. The van der Waals surface area contributed by atoms with Gasteiger partial charge in [-0.15, -0.1) is 0 Å². The molecule has 0 N–H and O–H groups in total. The first kappa shape index (κ1) is 19.1. The Labute approximate surface area is 184 Å². The molecule has 5 aromatic rings. The van der Waals surface area contributed by atoms with Crippen LogP contribution in [-0.2, 0) is 0 Å². The molecule has 0 aliphatic heterocycles. The van der Waals surface area contributed by atoms with E-state index >= 15 is 0 Å². The van der Waals surface area contributed by atoms with Gasteiger partial charge in [0.15, 0.2) is 0 Å². The Hall–Kier alpha value is -3.90. The molecule has 5 aromatic carbocycles. The van der Waals surface area contributed by atoms with E-state index in [-0.39, 0.29) is 0 Å². The smallest absolute Gasteiger partial charge is 0.0155 e. The highest BCUT2D eigenvalue weighted by Crippen LogP contribution is 2.29. The minimum absolute atomic E-state index is 1.24. The van der Waals surface area contributed by atoms with Crippen molar-refractivity contribution in [3.8, 4) is 44.5 Å². The molecule has 148 valence electrons. The van der Waals surface area contributed by atoms with Crippen LogP contribution in [0.1, 0.15) is 5.56 Å². The van der Waals surface area contributed by atoms with E-state index in [4.69, 9.17) is 0 Å². The molecule has 0 atom stereocenters. The normalized spacial score (nSPS) is 10.7. The topological polar surface area (TPSA) is 0 Å². The number of hydrogen-bond acceptors (Lipinski definition) is 0. The van der Waals surface area contributed by atoms with E-state index in [2.05, 4.69) is 134 Å². The quantitative estimate of drug-likeness (QED) is 0.285. The molecule has 0 saturated carbocycles. The summed E-state index contributed by atoms with van der Waals surface area (Å²) in [6.07, 6.45) is 0. The molecule has 0 heterocycles. The SMILES string of the molecule is Cc1ccccc1-c1ccc(-c2ccc(-c3ccc(-c4ccccc4)cc3)cc2)cc1. The number of benzene rings is 5. The maximum absolute atomic E-state index is 2.22. The molecule has 31 heavy (non-hydrogen) atoms. The van der Waals surface area contributed by atoms with Crippen molar-refractivity contribution in [2.75, 3.05) is 0 Å². The summed E-state index contributed by atoms with van der Waals surface area (Å²) in [6, 6.07) is 45.5. The predicted octanol–water partition coefficient (Wildman–Crippen LogP) is 8.66. The summed E-state index contributed by atoms with van der Waals surface area (Å²) in [4.78, 5) is 0. The van der Waals surface area contributed by atoms with E-state index in [9.17, 15) is 0 Å². The fourth-order valence-corrected chi connectivity index (χ4v) is 4.08. The molecule has 0 fully saturated rings. The summed E-state index contributed by atoms with van der Waals surface area (Å²) in [7, 11) is 0. The van der Waals surface area contributed by atoms with Crippen LogP contribution in [-0.4, -0.2) is 0 Å². The zero-order chi connectivity index (χ0) is 21.0. The van der Waals surface area contributed by atoms with Gasteiger partial charge in [-0.1, -0.05) is 127 Å². The summed E-state index contributed by atoms with van der Waals surface area (Å²) >= 11 is 0. The third-order valence-electron chi connectivity index (χ3n) is 5.88. The third kappa shape index (κ3) is 4.06. The van der Waals surface area contributed by atoms with Crippen molar-refractivity contribution in [1.29, 1.82) is 0 Å². The highest BCUT2D eigenvalue weighted by Gasteiger charge is 2.04. The summed E-state index contributed by atoms with van der Waals surface area (Å²) in [5.74, 6) is 0. The van der Waals surface area contributed by atoms with E-state index in [0.717, 1.165) is 0 Å². The predicted molar refractivity (Wildman–Crippen MR) is 133 cm³/mol. The summed E-state index contributed by atoms with van der Waals surface area (Å²) in [6.45, 7) is 2.16. The van der Waals surface area contributed by atoms with Crippen molar-refractivity contribution in [3.63, 3.8) is 0 Å². The summed E-state index contributed by atoms with van der Waals surface area (Å²) in [5.41, 5.74) is 11.3. The molecular formula is C31H24. The van der Waals surface area contributed by atoms with Crippen molar-refractivity contribution in [2.45, 2.75) is 6.92 Å². The van der Waals surface area contributed by atoms with Crippen LogP contribution >= 0.6 is 0 Å². The van der Waals surface area contributed by atoms with E-state index in [1.165, 1.54) is 50.1 Å². The third-order valence-corrected chi connectivity index (χ3v) is 5.88. The van der Waals surface area contributed by atoms with Crippen molar-refractivity contribution < 1.29 is 0 Å². The van der Waals surface area contributed by atoms with Gasteiger partial charge in [-0.05, 0) is 57.0 Å². The van der Waals surface area contributed by atoms with Gasteiger partial charge >= 0.3 is 0 Å². The van der Waals surface area contributed by atoms with Crippen LogP contribution in [0.3, 0.4) is 0 Å². The maximum Gasteiger partial charge on any atom is -0.0155 e. The number of hydrogen-bond donors (Lipinski definition) is 0. The first-order chi connectivity index (χ1) is 15.3. The highest BCUT2D eigenvalue weighted by atomic mass is 14.1. The molecule has 5 rings (SSSR count). The first-order valence-corrected chi connectivity index (χ1v) is 10.7. The average molecular weight is 397 g/mol. The van der Waals surface area contributed by atoms with Gasteiger partial charge in [-0.25, -0.2) is 0 Å². The van der Waals surface area contributed by atoms with Crippen LogP contribution in [0.5, 0.6) is 0 Å². The van der Waals surface area contributed by atoms with Gasteiger partial charge in [0.05, 0.1) is 0 Å². The largest absolute Gasteiger partial charge is 0.0622 e. The molecule has 0 unspecified atom stereocenters. The fraction of sp³-hybridized carbons (Fsp3) is 0.0323. The lowest BCUT2D eigenvalue weighted by Gasteiger charge is -2.09. The molecular weight excluding hydrogens is 372 g/mol. The molecule has 0 amide bonds. The molecule has 0 saturated heterocycles. The molecule has 0 radical (unpaired) electrons. The summed E-state index contributed by atoms with van der Waals surface area (Å²) in [5, 5.41) is 0. The van der Waals surface area contributed by atoms with Crippen LogP contribution in [0.2, 0.25) is 0 Å². The van der Waals surface area contributed by atoms with Gasteiger partial charge < -0.3 is 0 Å². The van der Waals surface area contributed by atoms with Crippen LogP contribution in [0, 0.1) is 6.92 Å². The number of aryl methyl sites for hydroxylation is 1. The first-order valence-electron chi connectivity index (χ1n) is 10.7. The monoisotopic (exact) mass is 396 g/mol. The van der Waals surface area contributed by atoms with Gasteiger partial charge in [0, 0.05) is 0 Å². The van der Waals surface area contributed by atoms with Gasteiger partial charge in [-0.3, -0.25) is 0 Å². The van der Waals surface area contributed by atoms with Crippen LogP contribution in [0.4, 0.5) is 0 Å². The van der Waals surface area contributed by atoms with Crippen molar-refractivity contribution in [2.24, 2.45) is 0 Å². The average Bonchev–Trinajstić information content (AvgIpc) is 2.85. The second-order valence-corrected chi connectivity index (χ2v) is 7.91. The molecule has 0 bridgehead atoms. The van der Waals surface area contributed by atoms with E-state index in [1.807, 2.05) is 0 Å². The van der Waals surface area contributed by atoms with Crippen molar-refractivity contribution in [1.82, 2.24) is 0 Å². The second-order valence-electron chi connectivity index (χ2n) is 7.91. The van der Waals surface area contributed by atoms with E-state index < -0.39 is 0 Å². The summed E-state index contributed by atoms with van der Waals surface area (Å²) < 4.78 is 0. The Morgan fingerprint density at radius 2 is 0.613 bits per heavy atom. The lowest BCUT2D eigenvalue weighted by molar-refractivity contribution is 1.46. The second kappa shape index (κ2) is 8.45. The Bertz CT molecular complexity index is 1280. The van der Waals surface area contributed by atoms with Crippen LogP contribution in [0.25, 0.3) is 44.5 Å². The van der Waals surface area contributed by atoms with Crippen LogP contribution in [0.15, 0.2) is 127 Å². The lowest BCUT2D eigenvalue weighted by Crippen LogP contribution is -1.84. The van der Waals surface area contributed by atoms with Gasteiger partial charge in [0.25, 0.3) is 0 Å². The zero-order valence-corrected chi connectivity index (χ0v) is 17.6. The van der Waals surface area contributed by atoms with E-state index in [1.54, 1.807) is 0 Å². The fourth-order valence-electron chi connectivity index (χ4n) is 4.08. The Morgan fingerprint density at radius 3 is 1.03 bits per heavy atom. The van der Waals surface area contributed by atoms with Crippen molar-refractivity contribution >= 4 is 0 Å². The van der Waals surface area contributed by atoms with Crippen molar-refractivity contribution in [3.05, 3.63) is 133 Å². The molecule has 0 aliphatic carbocycles. The minimum Gasteiger partial charge on any atom is -0.0622 e. The van der Waals surface area contributed by atoms with Crippen LogP contribution < -0.4 is 0 Å². The maximum atomic E-state index is 2.22. The van der Waals surface area contributed by atoms with Gasteiger partial charge in [-0.2, -0.15) is 0 Å². The van der Waals surface area contributed by atoms with Gasteiger partial charge in [0.1, 0.15) is 0 Å². The Kier molecular flexibility index (Phi) is 5.21.